The number of urea groups is 1. The van der Waals surface area contributed by atoms with Crippen LogP contribution >= 0.6 is 0 Å². The van der Waals surface area contributed by atoms with Gasteiger partial charge in [-0.3, -0.25) is 4.79 Å². The van der Waals surface area contributed by atoms with Gasteiger partial charge >= 0.3 is 12.0 Å². The third kappa shape index (κ3) is 5.49. The fraction of sp³-hybridized carbons (Fsp3) is 0.857. The Balaban J connectivity index is 2.37. The number of amides is 2. The minimum absolute atomic E-state index is 0.00924. The second-order valence-electron chi connectivity index (χ2n) is 5.42. The number of aliphatic carboxylic acids is 1. The first-order chi connectivity index (χ1) is 9.04. The largest absolute Gasteiger partial charge is 0.481 e. The van der Waals surface area contributed by atoms with Crippen LogP contribution in [0.15, 0.2) is 0 Å². The summed E-state index contributed by atoms with van der Waals surface area (Å²) in [6.07, 6.45) is 6.20. The van der Waals surface area contributed by atoms with Crippen molar-refractivity contribution >= 4 is 12.0 Å². The van der Waals surface area contributed by atoms with E-state index in [-0.39, 0.29) is 18.5 Å². The average Bonchev–Trinajstić information content (AvgIpc) is 2.37. The van der Waals surface area contributed by atoms with Crippen molar-refractivity contribution in [1.29, 1.82) is 0 Å². The van der Waals surface area contributed by atoms with E-state index in [1.807, 2.05) is 6.92 Å². The van der Waals surface area contributed by atoms with E-state index in [1.54, 1.807) is 11.8 Å². The van der Waals surface area contributed by atoms with Crippen LogP contribution in [0.25, 0.3) is 0 Å². The molecule has 1 rings (SSSR count). The van der Waals surface area contributed by atoms with E-state index in [0.717, 1.165) is 6.54 Å². The Kier molecular flexibility index (Phi) is 6.67. The van der Waals surface area contributed by atoms with Gasteiger partial charge in [-0.2, -0.15) is 0 Å². The number of nitrogens with zero attached hydrogens (tertiary/aromatic N) is 1. The molecule has 0 aromatic carbocycles. The number of hydrogen-bond acceptors (Lipinski definition) is 2. The van der Waals surface area contributed by atoms with Crippen molar-refractivity contribution in [2.24, 2.45) is 5.92 Å². The van der Waals surface area contributed by atoms with Crippen LogP contribution in [0.5, 0.6) is 0 Å². The van der Waals surface area contributed by atoms with Gasteiger partial charge in [-0.1, -0.05) is 19.3 Å². The SMILES string of the molecule is CCN(C(=O)NCC1CCCCC1)C(C)CC(=O)O. The van der Waals surface area contributed by atoms with Crippen molar-refractivity contribution in [2.45, 2.75) is 58.4 Å². The van der Waals surface area contributed by atoms with Gasteiger partial charge in [-0.05, 0) is 32.6 Å². The molecule has 0 aliphatic heterocycles. The predicted molar refractivity (Wildman–Crippen MR) is 74.1 cm³/mol. The Morgan fingerprint density at radius 1 is 1.32 bits per heavy atom. The van der Waals surface area contributed by atoms with Gasteiger partial charge in [-0.15, -0.1) is 0 Å². The van der Waals surface area contributed by atoms with Crippen LogP contribution in [0, 0.1) is 5.92 Å². The number of nitrogens with one attached hydrogen (secondary N) is 1. The molecule has 0 radical (unpaired) electrons. The molecular formula is C14H26N2O3. The van der Waals surface area contributed by atoms with Gasteiger partial charge in [0.25, 0.3) is 0 Å². The van der Waals surface area contributed by atoms with Gasteiger partial charge in [0.15, 0.2) is 0 Å². The van der Waals surface area contributed by atoms with Crippen molar-refractivity contribution in [2.75, 3.05) is 13.1 Å². The molecule has 0 spiro atoms. The molecule has 1 fully saturated rings. The molecule has 5 nitrogen and oxygen atoms in total. The summed E-state index contributed by atoms with van der Waals surface area (Å²) < 4.78 is 0. The smallest absolute Gasteiger partial charge is 0.317 e. The third-order valence-electron chi connectivity index (χ3n) is 3.87. The Morgan fingerprint density at radius 3 is 2.47 bits per heavy atom. The van der Waals surface area contributed by atoms with Crippen molar-refractivity contribution in [3.05, 3.63) is 0 Å². The van der Waals surface area contributed by atoms with Gasteiger partial charge in [0, 0.05) is 19.1 Å². The molecule has 1 atom stereocenters. The van der Waals surface area contributed by atoms with Crippen LogP contribution in [-0.4, -0.2) is 41.1 Å². The molecule has 0 bridgehead atoms. The van der Waals surface area contributed by atoms with E-state index in [9.17, 15) is 9.59 Å². The minimum Gasteiger partial charge on any atom is -0.481 e. The molecule has 2 N–H and O–H groups in total. The lowest BCUT2D eigenvalue weighted by Gasteiger charge is -2.29. The average molecular weight is 270 g/mol. The molecule has 0 aromatic rings. The predicted octanol–water partition coefficient (Wildman–Crippen LogP) is 2.46. The normalized spacial score (nSPS) is 17.8. The Labute approximate surface area is 115 Å². The molecule has 0 saturated heterocycles. The molecular weight excluding hydrogens is 244 g/mol. The maximum atomic E-state index is 12.1. The molecule has 1 saturated carbocycles. The molecule has 2 amide bonds. The molecule has 0 heterocycles. The maximum absolute atomic E-state index is 12.1. The molecule has 1 unspecified atom stereocenters. The summed E-state index contributed by atoms with van der Waals surface area (Å²) in [4.78, 5) is 24.4. The summed E-state index contributed by atoms with van der Waals surface area (Å²) >= 11 is 0. The second-order valence-corrected chi connectivity index (χ2v) is 5.42. The quantitative estimate of drug-likeness (QED) is 0.779. The van der Waals surface area contributed by atoms with E-state index in [4.69, 9.17) is 5.11 Å². The summed E-state index contributed by atoms with van der Waals surface area (Å²) in [6.45, 7) is 4.90. The molecule has 1 aliphatic carbocycles. The summed E-state index contributed by atoms with van der Waals surface area (Å²) in [5, 5.41) is 11.7. The van der Waals surface area contributed by atoms with E-state index in [2.05, 4.69) is 5.32 Å². The topological polar surface area (TPSA) is 69.6 Å². The monoisotopic (exact) mass is 270 g/mol. The number of carboxylic acid groups (broad SMARTS) is 1. The highest BCUT2D eigenvalue weighted by Gasteiger charge is 2.21. The molecule has 0 aromatic heterocycles. The zero-order valence-electron chi connectivity index (χ0n) is 12.0. The van der Waals surface area contributed by atoms with Crippen LogP contribution in [0.1, 0.15) is 52.4 Å². The highest BCUT2D eigenvalue weighted by atomic mass is 16.4. The Bertz CT molecular complexity index is 301. The minimum atomic E-state index is -0.869. The van der Waals surface area contributed by atoms with Crippen LogP contribution in [0.2, 0.25) is 0 Å². The van der Waals surface area contributed by atoms with E-state index < -0.39 is 5.97 Å². The molecule has 5 heteroatoms. The molecule has 19 heavy (non-hydrogen) atoms. The number of carbonyl (C=O) groups excluding carboxylic acids is 1. The number of carboxylic acids is 1. The standard InChI is InChI=1S/C14H26N2O3/c1-3-16(11(2)9-13(17)18)14(19)15-10-12-7-5-4-6-8-12/h11-12H,3-10H2,1-2H3,(H,15,19)(H,17,18). The fourth-order valence-electron chi connectivity index (χ4n) is 2.74. The van der Waals surface area contributed by atoms with E-state index in [0.29, 0.717) is 12.5 Å². The van der Waals surface area contributed by atoms with Crippen molar-refractivity contribution < 1.29 is 14.7 Å². The second kappa shape index (κ2) is 8.02. The highest BCUT2D eigenvalue weighted by Crippen LogP contribution is 2.22. The summed E-state index contributed by atoms with van der Waals surface area (Å²) in [5.41, 5.74) is 0. The molecule has 110 valence electrons. The zero-order valence-corrected chi connectivity index (χ0v) is 12.0. The van der Waals surface area contributed by atoms with Crippen LogP contribution in [-0.2, 0) is 4.79 Å². The summed E-state index contributed by atoms with van der Waals surface area (Å²) in [7, 11) is 0. The first-order valence-corrected chi connectivity index (χ1v) is 7.30. The first-order valence-electron chi connectivity index (χ1n) is 7.30. The molecule has 1 aliphatic rings. The first kappa shape index (κ1) is 15.8. The van der Waals surface area contributed by atoms with E-state index in [1.165, 1.54) is 32.1 Å². The fourth-order valence-corrected chi connectivity index (χ4v) is 2.74. The van der Waals surface area contributed by atoms with Crippen LogP contribution < -0.4 is 5.32 Å². The van der Waals surface area contributed by atoms with Crippen molar-refractivity contribution in [1.82, 2.24) is 10.2 Å². The van der Waals surface area contributed by atoms with Gasteiger partial charge in [0.2, 0.25) is 0 Å². The lowest BCUT2D eigenvalue weighted by molar-refractivity contribution is -0.138. The van der Waals surface area contributed by atoms with Crippen molar-refractivity contribution in [3.8, 4) is 0 Å². The zero-order chi connectivity index (χ0) is 14.3. The maximum Gasteiger partial charge on any atom is 0.317 e. The number of carbonyl (C=O) groups is 2. The lowest BCUT2D eigenvalue weighted by atomic mass is 9.89. The van der Waals surface area contributed by atoms with Gasteiger partial charge in [0.1, 0.15) is 0 Å². The van der Waals surface area contributed by atoms with Gasteiger partial charge < -0.3 is 15.3 Å². The van der Waals surface area contributed by atoms with Crippen LogP contribution in [0.4, 0.5) is 4.79 Å². The van der Waals surface area contributed by atoms with Crippen molar-refractivity contribution in [3.63, 3.8) is 0 Å². The number of hydrogen-bond donors (Lipinski definition) is 2. The summed E-state index contributed by atoms with van der Waals surface area (Å²) in [6, 6.07) is -0.407. The highest BCUT2D eigenvalue weighted by molar-refractivity contribution is 5.75. The third-order valence-corrected chi connectivity index (χ3v) is 3.87. The lowest BCUT2D eigenvalue weighted by Crippen LogP contribution is -2.46. The Morgan fingerprint density at radius 2 is 1.95 bits per heavy atom. The summed E-state index contributed by atoms with van der Waals surface area (Å²) in [5.74, 6) is -0.280. The van der Waals surface area contributed by atoms with E-state index >= 15 is 0 Å². The van der Waals surface area contributed by atoms with Gasteiger partial charge in [0.05, 0.1) is 6.42 Å². The van der Waals surface area contributed by atoms with Gasteiger partial charge in [-0.25, -0.2) is 4.79 Å². The number of rotatable bonds is 6. The van der Waals surface area contributed by atoms with Crippen LogP contribution in [0.3, 0.4) is 0 Å². The Hall–Kier alpha value is -1.26.